The van der Waals surface area contributed by atoms with Gasteiger partial charge in [0, 0.05) is 5.71 Å². The van der Waals surface area contributed by atoms with Gasteiger partial charge in [-0.15, -0.1) is 0 Å². The lowest BCUT2D eigenvalue weighted by Gasteiger charge is -2.10. The van der Waals surface area contributed by atoms with Crippen LogP contribution >= 0.6 is 0 Å². The molecule has 1 aromatic rings. The van der Waals surface area contributed by atoms with E-state index >= 15 is 0 Å². The summed E-state index contributed by atoms with van der Waals surface area (Å²) in [5.74, 6) is -0.0502. The number of aliphatic imine (C=N–C) groups is 1. The van der Waals surface area contributed by atoms with Crippen molar-refractivity contribution in [1.82, 2.24) is 0 Å². The Morgan fingerprint density at radius 1 is 1.53 bits per heavy atom. The number of benzene rings is 1. The Morgan fingerprint density at radius 3 is 2.65 bits per heavy atom. The summed E-state index contributed by atoms with van der Waals surface area (Å²) in [5.41, 5.74) is 2.48. The molecule has 1 aromatic carbocycles. The summed E-state index contributed by atoms with van der Waals surface area (Å²) in [7, 11) is 0.894. The van der Waals surface area contributed by atoms with E-state index in [0.717, 1.165) is 25.2 Å². The molecule has 0 spiro atoms. The van der Waals surface area contributed by atoms with Crippen molar-refractivity contribution in [1.29, 1.82) is 0 Å². The molecule has 0 fully saturated rings. The van der Waals surface area contributed by atoms with Gasteiger partial charge in [0.1, 0.15) is 11.5 Å². The number of rotatable bonds is 4. The zero-order valence-corrected chi connectivity index (χ0v) is 10.8. The molecular formula is C13H18BFNO. The zero-order chi connectivity index (χ0) is 13.0. The molecule has 4 heteroatoms. The number of halogens is 1. The van der Waals surface area contributed by atoms with Gasteiger partial charge in [-0.1, -0.05) is 25.4 Å². The van der Waals surface area contributed by atoms with Crippen LogP contribution in [0.15, 0.2) is 17.1 Å². The Hall–Kier alpha value is -1.16. The topological polar surface area (TPSA) is 32.6 Å². The molecule has 0 saturated carbocycles. The van der Waals surface area contributed by atoms with Crippen molar-refractivity contribution < 1.29 is 9.41 Å². The minimum absolute atomic E-state index is 0.345. The molecule has 0 bridgehead atoms. The van der Waals surface area contributed by atoms with Crippen LogP contribution in [0.3, 0.4) is 0 Å². The fourth-order valence-electron chi connectivity index (χ4n) is 1.56. The highest BCUT2D eigenvalue weighted by Gasteiger charge is 2.10. The lowest BCUT2D eigenvalue weighted by atomic mass is 9.87. The third-order valence-corrected chi connectivity index (χ3v) is 3.04. The Morgan fingerprint density at radius 2 is 2.18 bits per heavy atom. The third kappa shape index (κ3) is 3.40. The standard InChI is InChI=1S/C13H18BFNO/c1-5-8(2)10(4)16-13-9(3)6-11(14-17)7-12(13)15/h6-8,17H,5H2,1-4H3. The molecule has 0 aliphatic rings. The van der Waals surface area contributed by atoms with Crippen LogP contribution in [0.1, 0.15) is 32.8 Å². The molecule has 1 unspecified atom stereocenters. The average Bonchev–Trinajstić information content (AvgIpc) is 2.31. The van der Waals surface area contributed by atoms with E-state index in [9.17, 15) is 4.39 Å². The van der Waals surface area contributed by atoms with E-state index in [1.54, 1.807) is 13.0 Å². The highest BCUT2D eigenvalue weighted by molar-refractivity contribution is 6.45. The van der Waals surface area contributed by atoms with Gasteiger partial charge < -0.3 is 5.02 Å². The summed E-state index contributed by atoms with van der Waals surface area (Å²) >= 11 is 0. The zero-order valence-electron chi connectivity index (χ0n) is 10.8. The van der Waals surface area contributed by atoms with E-state index in [2.05, 4.69) is 18.8 Å². The van der Waals surface area contributed by atoms with E-state index in [1.165, 1.54) is 6.07 Å². The summed E-state index contributed by atoms with van der Waals surface area (Å²) in [6, 6.07) is 3.00. The molecule has 0 aliphatic carbocycles. The molecular weight excluding hydrogens is 216 g/mol. The van der Waals surface area contributed by atoms with Crippen molar-refractivity contribution in [3.8, 4) is 0 Å². The Labute approximate surface area is 103 Å². The molecule has 91 valence electrons. The summed E-state index contributed by atoms with van der Waals surface area (Å²) in [6.45, 7) is 7.86. The molecule has 1 rings (SSSR count). The summed E-state index contributed by atoms with van der Waals surface area (Å²) < 4.78 is 13.8. The van der Waals surface area contributed by atoms with Crippen molar-refractivity contribution in [2.45, 2.75) is 34.1 Å². The molecule has 1 radical (unpaired) electrons. The van der Waals surface area contributed by atoms with Crippen LogP contribution in [0.25, 0.3) is 0 Å². The largest absolute Gasteiger partial charge is 0.450 e. The van der Waals surface area contributed by atoms with Gasteiger partial charge in [0.15, 0.2) is 0 Å². The highest BCUT2D eigenvalue weighted by Crippen LogP contribution is 2.23. The van der Waals surface area contributed by atoms with Gasteiger partial charge in [-0.2, -0.15) is 0 Å². The summed E-state index contributed by atoms with van der Waals surface area (Å²) in [4.78, 5) is 4.35. The third-order valence-electron chi connectivity index (χ3n) is 3.04. The number of hydrogen-bond acceptors (Lipinski definition) is 2. The molecule has 2 nitrogen and oxygen atoms in total. The monoisotopic (exact) mass is 234 g/mol. The first-order chi connectivity index (χ1) is 7.99. The summed E-state index contributed by atoms with van der Waals surface area (Å²) in [5, 5.41) is 8.86. The maximum Gasteiger partial charge on any atom is 0.326 e. The van der Waals surface area contributed by atoms with Crippen molar-refractivity contribution in [2.75, 3.05) is 0 Å². The Balaban J connectivity index is 3.15. The predicted molar refractivity (Wildman–Crippen MR) is 71.0 cm³/mol. The van der Waals surface area contributed by atoms with E-state index in [1.807, 2.05) is 6.92 Å². The predicted octanol–water partition coefficient (Wildman–Crippen LogP) is 2.51. The van der Waals surface area contributed by atoms with Crippen molar-refractivity contribution >= 4 is 24.3 Å². The Kier molecular flexibility index (Phi) is 4.88. The smallest absolute Gasteiger partial charge is 0.326 e. The first kappa shape index (κ1) is 13.9. The minimum atomic E-state index is -0.395. The van der Waals surface area contributed by atoms with Gasteiger partial charge >= 0.3 is 7.48 Å². The molecule has 1 N–H and O–H groups in total. The number of nitrogens with zero attached hydrogens (tertiary/aromatic N) is 1. The van der Waals surface area contributed by atoms with E-state index in [0.29, 0.717) is 17.1 Å². The first-order valence-corrected chi connectivity index (χ1v) is 5.82. The van der Waals surface area contributed by atoms with Crippen LogP contribution < -0.4 is 5.46 Å². The fraction of sp³-hybridized carbons (Fsp3) is 0.462. The van der Waals surface area contributed by atoms with Gasteiger partial charge in [-0.25, -0.2) is 4.39 Å². The maximum absolute atomic E-state index is 13.8. The van der Waals surface area contributed by atoms with Crippen LogP contribution in [0.5, 0.6) is 0 Å². The van der Waals surface area contributed by atoms with Crippen LogP contribution in [-0.4, -0.2) is 18.2 Å². The Bertz CT molecular complexity index is 408. The minimum Gasteiger partial charge on any atom is -0.450 e. The molecule has 0 saturated heterocycles. The molecule has 0 heterocycles. The second kappa shape index (κ2) is 5.96. The quantitative estimate of drug-likeness (QED) is 0.630. The van der Waals surface area contributed by atoms with E-state index in [-0.39, 0.29) is 0 Å². The van der Waals surface area contributed by atoms with Gasteiger partial charge in [-0.05, 0) is 37.8 Å². The van der Waals surface area contributed by atoms with Crippen LogP contribution in [0.4, 0.5) is 10.1 Å². The molecule has 1 atom stereocenters. The van der Waals surface area contributed by atoms with Crippen LogP contribution in [-0.2, 0) is 0 Å². The number of aryl methyl sites for hydroxylation is 1. The van der Waals surface area contributed by atoms with Crippen LogP contribution in [0.2, 0.25) is 0 Å². The van der Waals surface area contributed by atoms with Gasteiger partial charge in [0.25, 0.3) is 0 Å². The maximum atomic E-state index is 13.8. The van der Waals surface area contributed by atoms with Crippen LogP contribution in [0, 0.1) is 18.7 Å². The average molecular weight is 234 g/mol. The van der Waals surface area contributed by atoms with Gasteiger partial charge in [-0.3, -0.25) is 4.99 Å². The molecule has 0 aromatic heterocycles. The molecule has 17 heavy (non-hydrogen) atoms. The second-order valence-electron chi connectivity index (χ2n) is 4.36. The molecule has 0 aliphatic heterocycles. The van der Waals surface area contributed by atoms with Crippen molar-refractivity contribution in [3.05, 3.63) is 23.5 Å². The van der Waals surface area contributed by atoms with Crippen molar-refractivity contribution in [3.63, 3.8) is 0 Å². The lowest BCUT2D eigenvalue weighted by molar-refractivity contribution is 0.611. The first-order valence-electron chi connectivity index (χ1n) is 5.82. The van der Waals surface area contributed by atoms with E-state index < -0.39 is 5.82 Å². The highest BCUT2D eigenvalue weighted by atomic mass is 19.1. The molecule has 0 amide bonds. The normalized spacial score (nSPS) is 13.6. The lowest BCUT2D eigenvalue weighted by Crippen LogP contribution is -2.14. The number of hydrogen-bond donors (Lipinski definition) is 1. The van der Waals surface area contributed by atoms with Gasteiger partial charge in [0.2, 0.25) is 0 Å². The van der Waals surface area contributed by atoms with Crippen molar-refractivity contribution in [2.24, 2.45) is 10.9 Å². The second-order valence-corrected chi connectivity index (χ2v) is 4.36. The fourth-order valence-corrected chi connectivity index (χ4v) is 1.56. The van der Waals surface area contributed by atoms with Gasteiger partial charge in [0.05, 0.1) is 0 Å². The SMILES string of the molecule is CCC(C)C(C)=Nc1c(C)cc([B]O)cc1F. The van der Waals surface area contributed by atoms with E-state index in [4.69, 9.17) is 5.02 Å². The summed E-state index contributed by atoms with van der Waals surface area (Å²) in [6.07, 6.45) is 0.985.